The van der Waals surface area contributed by atoms with Crippen LogP contribution in [0.1, 0.15) is 31.9 Å². The van der Waals surface area contributed by atoms with Crippen LogP contribution in [0, 0.1) is 0 Å². The van der Waals surface area contributed by atoms with E-state index in [1.54, 1.807) is 25.1 Å². The van der Waals surface area contributed by atoms with E-state index in [0.717, 1.165) is 10.0 Å². The van der Waals surface area contributed by atoms with Crippen molar-refractivity contribution < 1.29 is 13.2 Å². The molecule has 6 heteroatoms. The molecule has 1 unspecified atom stereocenters. The van der Waals surface area contributed by atoms with Gasteiger partial charge < -0.3 is 10.6 Å². The number of hydrogen-bond donors (Lipinski definition) is 1. The molecule has 1 aromatic carbocycles. The van der Waals surface area contributed by atoms with Crippen molar-refractivity contribution in [3.05, 3.63) is 28.2 Å². The maximum absolute atomic E-state index is 12.7. The third-order valence-electron chi connectivity index (χ3n) is 2.69. The van der Waals surface area contributed by atoms with Crippen LogP contribution >= 0.6 is 15.9 Å². The lowest BCUT2D eigenvalue weighted by molar-refractivity contribution is -0.119. The average Bonchev–Trinajstić information content (AvgIpc) is 2.26. The Balaban J connectivity index is 3.16. The van der Waals surface area contributed by atoms with Gasteiger partial charge in [0.15, 0.2) is 0 Å². The summed E-state index contributed by atoms with van der Waals surface area (Å²) in [7, 11) is 0. The predicted octanol–water partition coefficient (Wildman–Crippen LogP) is 4.25. The van der Waals surface area contributed by atoms with Gasteiger partial charge in [-0.25, -0.2) is 0 Å². The van der Waals surface area contributed by atoms with Crippen LogP contribution < -0.4 is 10.6 Å². The number of nitrogens with two attached hydrogens (primary N) is 1. The third-order valence-corrected chi connectivity index (χ3v) is 3.18. The molecule has 0 heterocycles. The van der Waals surface area contributed by atoms with Crippen molar-refractivity contribution in [2.24, 2.45) is 5.73 Å². The lowest BCUT2D eigenvalue weighted by Crippen LogP contribution is -2.35. The number of rotatable bonds is 5. The summed E-state index contributed by atoms with van der Waals surface area (Å²) >= 11 is 3.30. The molecule has 2 N–H and O–H groups in total. The van der Waals surface area contributed by atoms with Gasteiger partial charge in [-0.2, -0.15) is 13.2 Å². The number of benzene rings is 1. The maximum atomic E-state index is 12.7. The van der Waals surface area contributed by atoms with Crippen molar-refractivity contribution in [3.63, 3.8) is 0 Å². The highest BCUT2D eigenvalue weighted by molar-refractivity contribution is 9.10. The summed E-state index contributed by atoms with van der Waals surface area (Å²) in [6.45, 7) is 3.00. The molecule has 1 rings (SSSR count). The Labute approximate surface area is 119 Å². The number of hydrogen-bond acceptors (Lipinski definition) is 2. The minimum Gasteiger partial charge on any atom is -0.362 e. The summed E-state index contributed by atoms with van der Waals surface area (Å²) in [4.78, 5) is 1.34. The molecule has 19 heavy (non-hydrogen) atoms. The smallest absolute Gasteiger partial charge is 0.362 e. The van der Waals surface area contributed by atoms with Crippen LogP contribution in [0.2, 0.25) is 0 Å². The van der Waals surface area contributed by atoms with Crippen molar-refractivity contribution in [2.75, 3.05) is 18.0 Å². The van der Waals surface area contributed by atoms with E-state index in [4.69, 9.17) is 5.73 Å². The molecule has 0 radical (unpaired) electrons. The summed E-state index contributed by atoms with van der Waals surface area (Å²) in [6, 6.07) is 4.94. The molecule has 0 aliphatic rings. The largest absolute Gasteiger partial charge is 0.405 e. The first-order valence-corrected chi connectivity index (χ1v) is 6.90. The molecule has 2 nitrogen and oxygen atoms in total. The van der Waals surface area contributed by atoms with Crippen LogP contribution in [0.4, 0.5) is 18.9 Å². The van der Waals surface area contributed by atoms with E-state index in [2.05, 4.69) is 15.9 Å². The summed E-state index contributed by atoms with van der Waals surface area (Å²) in [5.41, 5.74) is 7.11. The van der Waals surface area contributed by atoms with Gasteiger partial charge in [-0.1, -0.05) is 28.9 Å². The standard InChI is InChI=1S/C13H18BrF3N2/c1-3-6-19(8-13(15,16)17)12-7-10(14)4-5-11(12)9(2)18/h4-5,7,9H,3,6,8,18H2,1-2H3. The summed E-state index contributed by atoms with van der Waals surface area (Å²) in [5.74, 6) is 0. The fourth-order valence-electron chi connectivity index (χ4n) is 1.95. The number of anilines is 1. The van der Waals surface area contributed by atoms with E-state index < -0.39 is 12.7 Å². The monoisotopic (exact) mass is 338 g/mol. The Morgan fingerprint density at radius 1 is 1.37 bits per heavy atom. The Morgan fingerprint density at radius 2 is 2.00 bits per heavy atom. The normalized spacial score (nSPS) is 13.4. The maximum Gasteiger partial charge on any atom is 0.405 e. The van der Waals surface area contributed by atoms with Gasteiger partial charge in [-0.3, -0.25) is 0 Å². The SMILES string of the molecule is CCCN(CC(F)(F)F)c1cc(Br)ccc1C(C)N. The minimum atomic E-state index is -4.23. The zero-order valence-electron chi connectivity index (χ0n) is 11.0. The summed E-state index contributed by atoms with van der Waals surface area (Å²) < 4.78 is 38.7. The van der Waals surface area contributed by atoms with E-state index >= 15 is 0 Å². The van der Waals surface area contributed by atoms with Crippen LogP contribution in [-0.4, -0.2) is 19.3 Å². The molecule has 1 aromatic rings. The van der Waals surface area contributed by atoms with Gasteiger partial charge in [0.1, 0.15) is 6.54 Å². The van der Waals surface area contributed by atoms with Gasteiger partial charge in [-0.15, -0.1) is 0 Å². The van der Waals surface area contributed by atoms with Crippen molar-refractivity contribution in [1.29, 1.82) is 0 Å². The van der Waals surface area contributed by atoms with Gasteiger partial charge in [0.05, 0.1) is 0 Å². The molecule has 0 bridgehead atoms. The molecule has 0 aliphatic heterocycles. The van der Waals surface area contributed by atoms with E-state index in [0.29, 0.717) is 18.7 Å². The lowest BCUT2D eigenvalue weighted by Gasteiger charge is -2.29. The van der Waals surface area contributed by atoms with E-state index in [1.165, 1.54) is 4.90 Å². The fourth-order valence-corrected chi connectivity index (χ4v) is 2.30. The topological polar surface area (TPSA) is 29.3 Å². The van der Waals surface area contributed by atoms with Crippen LogP contribution in [0.5, 0.6) is 0 Å². The summed E-state index contributed by atoms with van der Waals surface area (Å²) in [5, 5.41) is 0. The minimum absolute atomic E-state index is 0.310. The van der Waals surface area contributed by atoms with Gasteiger partial charge in [-0.05, 0) is 31.0 Å². The zero-order chi connectivity index (χ0) is 14.6. The molecule has 108 valence electrons. The molecule has 0 amide bonds. The first-order chi connectivity index (χ1) is 8.74. The molecule has 0 spiro atoms. The highest BCUT2D eigenvalue weighted by atomic mass is 79.9. The second kappa shape index (κ2) is 6.61. The highest BCUT2D eigenvalue weighted by Gasteiger charge is 2.31. The molecule has 0 saturated heterocycles. The van der Waals surface area contributed by atoms with Gasteiger partial charge in [0, 0.05) is 22.7 Å². The Kier molecular flexibility index (Phi) is 5.67. The van der Waals surface area contributed by atoms with Crippen LogP contribution in [0.15, 0.2) is 22.7 Å². The molecule has 1 atom stereocenters. The van der Waals surface area contributed by atoms with E-state index in [9.17, 15) is 13.2 Å². The van der Waals surface area contributed by atoms with E-state index in [-0.39, 0.29) is 6.04 Å². The van der Waals surface area contributed by atoms with Crippen molar-refractivity contribution in [1.82, 2.24) is 0 Å². The molecule has 0 aliphatic carbocycles. The van der Waals surface area contributed by atoms with Crippen LogP contribution in [0.25, 0.3) is 0 Å². The zero-order valence-corrected chi connectivity index (χ0v) is 12.6. The average molecular weight is 339 g/mol. The second-order valence-electron chi connectivity index (χ2n) is 4.53. The molecular formula is C13H18BrF3N2. The Bertz CT molecular complexity index is 419. The van der Waals surface area contributed by atoms with Crippen LogP contribution in [0.3, 0.4) is 0 Å². The van der Waals surface area contributed by atoms with E-state index in [1.807, 2.05) is 6.92 Å². The molecule has 0 fully saturated rings. The van der Waals surface area contributed by atoms with Gasteiger partial charge in [0.2, 0.25) is 0 Å². The van der Waals surface area contributed by atoms with Gasteiger partial charge >= 0.3 is 6.18 Å². The first-order valence-electron chi connectivity index (χ1n) is 6.11. The third kappa shape index (κ3) is 5.03. The number of halogens is 4. The second-order valence-corrected chi connectivity index (χ2v) is 5.44. The fraction of sp³-hybridized carbons (Fsp3) is 0.538. The molecule has 0 saturated carbocycles. The first kappa shape index (κ1) is 16.3. The molecule has 0 aromatic heterocycles. The Hall–Kier alpha value is -0.750. The van der Waals surface area contributed by atoms with Gasteiger partial charge in [0.25, 0.3) is 0 Å². The summed E-state index contributed by atoms with van der Waals surface area (Å²) in [6.07, 6.45) is -3.59. The Morgan fingerprint density at radius 3 is 2.47 bits per heavy atom. The van der Waals surface area contributed by atoms with Crippen LogP contribution in [-0.2, 0) is 0 Å². The highest BCUT2D eigenvalue weighted by Crippen LogP contribution is 2.31. The predicted molar refractivity (Wildman–Crippen MR) is 75.3 cm³/mol. The number of nitrogens with zero attached hydrogens (tertiary/aromatic N) is 1. The van der Waals surface area contributed by atoms with Crippen molar-refractivity contribution in [3.8, 4) is 0 Å². The van der Waals surface area contributed by atoms with Crippen molar-refractivity contribution >= 4 is 21.6 Å². The molecular weight excluding hydrogens is 321 g/mol. The number of alkyl halides is 3. The quantitative estimate of drug-likeness (QED) is 0.869. The van der Waals surface area contributed by atoms with Crippen molar-refractivity contribution in [2.45, 2.75) is 32.5 Å². The lowest BCUT2D eigenvalue weighted by atomic mass is 10.1.